The Hall–Kier alpha value is -2.73. The fraction of sp³-hybridized carbons (Fsp3) is 0.700. The Balaban J connectivity index is 1.19. The van der Waals surface area contributed by atoms with E-state index < -0.39 is 47.9 Å². The van der Waals surface area contributed by atoms with Crippen LogP contribution in [0.3, 0.4) is 0 Å². The van der Waals surface area contributed by atoms with Crippen LogP contribution in [0.1, 0.15) is 71.8 Å². The molecule has 0 aromatic heterocycles. The summed E-state index contributed by atoms with van der Waals surface area (Å²) in [4.78, 5) is 50.0. The van der Waals surface area contributed by atoms with Gasteiger partial charge in [0.2, 0.25) is 18.0 Å². The fourth-order valence-corrected chi connectivity index (χ4v) is 6.98. The topological polar surface area (TPSA) is 139 Å². The van der Waals surface area contributed by atoms with Crippen LogP contribution >= 0.6 is 0 Å². The van der Waals surface area contributed by atoms with Gasteiger partial charge < -0.3 is 29.4 Å². The van der Waals surface area contributed by atoms with Gasteiger partial charge in [0.25, 0.3) is 0 Å². The molecule has 6 rings (SSSR count). The molecule has 9 atom stereocenters. The average Bonchev–Trinajstić information content (AvgIpc) is 3.17. The van der Waals surface area contributed by atoms with Crippen molar-refractivity contribution in [1.82, 2.24) is 5.32 Å². The number of carbonyl (C=O) groups is 3. The first-order chi connectivity index (χ1) is 19.5. The Morgan fingerprint density at radius 1 is 1.07 bits per heavy atom. The highest BCUT2D eigenvalue weighted by atomic mass is 17.3. The van der Waals surface area contributed by atoms with E-state index in [2.05, 4.69) is 12.2 Å². The van der Waals surface area contributed by atoms with Crippen LogP contribution in [0, 0.1) is 23.7 Å². The van der Waals surface area contributed by atoms with Gasteiger partial charge >= 0.3 is 11.9 Å². The van der Waals surface area contributed by atoms with Crippen molar-refractivity contribution in [1.29, 1.82) is 0 Å². The van der Waals surface area contributed by atoms with E-state index in [0.717, 1.165) is 24.8 Å². The number of amides is 1. The lowest BCUT2D eigenvalue weighted by atomic mass is 9.58. The van der Waals surface area contributed by atoms with Crippen LogP contribution < -0.4 is 5.32 Å². The molecule has 4 aliphatic heterocycles. The summed E-state index contributed by atoms with van der Waals surface area (Å²) in [6.07, 6.45) is 1.72. The van der Waals surface area contributed by atoms with Crippen LogP contribution in [0.4, 0.5) is 0 Å². The largest absolute Gasteiger partial charge is 0.508 e. The predicted octanol–water partition coefficient (Wildman–Crippen LogP) is 3.51. The number of nitrogens with one attached hydrogen (secondary N) is 1. The van der Waals surface area contributed by atoms with Crippen molar-refractivity contribution < 1.29 is 48.2 Å². The zero-order valence-electron chi connectivity index (χ0n) is 24.1. The summed E-state index contributed by atoms with van der Waals surface area (Å²) < 4.78 is 23.5. The van der Waals surface area contributed by atoms with Gasteiger partial charge in [0, 0.05) is 31.1 Å². The molecule has 1 aromatic rings. The quantitative estimate of drug-likeness (QED) is 0.332. The van der Waals surface area contributed by atoms with Gasteiger partial charge in [-0.3, -0.25) is 9.59 Å². The Kier molecular flexibility index (Phi) is 8.61. The number of benzene rings is 1. The molecule has 2 N–H and O–H groups in total. The van der Waals surface area contributed by atoms with Crippen molar-refractivity contribution in [2.45, 2.75) is 103 Å². The van der Waals surface area contributed by atoms with Crippen LogP contribution in [0.5, 0.6) is 5.75 Å². The maximum atomic E-state index is 12.9. The van der Waals surface area contributed by atoms with E-state index >= 15 is 0 Å². The molecule has 1 aromatic carbocycles. The van der Waals surface area contributed by atoms with Gasteiger partial charge in [-0.25, -0.2) is 14.6 Å². The molecule has 1 amide bonds. The minimum atomic E-state index is -0.936. The molecule has 1 spiro atoms. The second-order valence-corrected chi connectivity index (χ2v) is 12.0. The fourth-order valence-electron chi connectivity index (χ4n) is 6.98. The monoisotopic (exact) mass is 575 g/mol. The van der Waals surface area contributed by atoms with Crippen molar-refractivity contribution in [3.63, 3.8) is 0 Å². The van der Waals surface area contributed by atoms with Gasteiger partial charge in [0.05, 0.1) is 13.0 Å². The molecule has 2 unspecified atom stereocenters. The number of rotatable bonds is 9. The molecule has 11 heteroatoms. The van der Waals surface area contributed by atoms with E-state index in [-0.39, 0.29) is 49.4 Å². The Morgan fingerprint density at radius 2 is 1.83 bits per heavy atom. The molecule has 1 aliphatic carbocycles. The molecular weight excluding hydrogens is 534 g/mol. The molecule has 226 valence electrons. The van der Waals surface area contributed by atoms with Crippen molar-refractivity contribution in [3.8, 4) is 5.75 Å². The summed E-state index contributed by atoms with van der Waals surface area (Å²) in [5.74, 6) is -2.02. The summed E-state index contributed by atoms with van der Waals surface area (Å²) in [5, 5.41) is 12.2. The third-order valence-electron chi connectivity index (χ3n) is 9.18. The van der Waals surface area contributed by atoms with Gasteiger partial charge in [-0.05, 0) is 62.6 Å². The molecule has 41 heavy (non-hydrogen) atoms. The third-order valence-corrected chi connectivity index (χ3v) is 9.18. The predicted molar refractivity (Wildman–Crippen MR) is 143 cm³/mol. The third kappa shape index (κ3) is 5.95. The first-order valence-corrected chi connectivity index (χ1v) is 14.7. The number of fused-ring (bicyclic) bond motifs is 2. The van der Waals surface area contributed by atoms with Gasteiger partial charge in [-0.15, -0.1) is 0 Å². The zero-order chi connectivity index (χ0) is 29.4. The Morgan fingerprint density at radius 3 is 2.56 bits per heavy atom. The second-order valence-electron chi connectivity index (χ2n) is 12.0. The minimum absolute atomic E-state index is 0.0106. The molecule has 0 radical (unpaired) electrons. The minimum Gasteiger partial charge on any atom is -0.508 e. The summed E-state index contributed by atoms with van der Waals surface area (Å²) in [7, 11) is 0. The van der Waals surface area contributed by atoms with E-state index in [9.17, 15) is 19.5 Å². The van der Waals surface area contributed by atoms with Crippen molar-refractivity contribution >= 4 is 17.8 Å². The lowest BCUT2D eigenvalue weighted by Crippen LogP contribution is -2.70. The number of aromatic hydroxyl groups is 1. The molecule has 2 bridgehead atoms. The van der Waals surface area contributed by atoms with Gasteiger partial charge in [0.1, 0.15) is 11.8 Å². The highest BCUT2D eigenvalue weighted by Crippen LogP contribution is 2.60. The number of carbonyl (C=O) groups excluding carboxylic acids is 3. The average molecular weight is 576 g/mol. The van der Waals surface area contributed by atoms with E-state index in [4.69, 9.17) is 28.7 Å². The molecule has 4 heterocycles. The Bertz CT molecular complexity index is 1130. The number of esters is 2. The number of phenols is 1. The zero-order valence-corrected chi connectivity index (χ0v) is 24.1. The number of hydrogen-bond acceptors (Lipinski definition) is 10. The van der Waals surface area contributed by atoms with Gasteiger partial charge in [0.15, 0.2) is 11.9 Å². The number of hydrogen-bond donors (Lipinski definition) is 2. The van der Waals surface area contributed by atoms with Gasteiger partial charge in [-0.2, -0.15) is 0 Å². The smallest absolute Gasteiger partial charge is 0.328 e. The highest BCUT2D eigenvalue weighted by molar-refractivity contribution is 5.86. The first kappa shape index (κ1) is 29.8. The summed E-state index contributed by atoms with van der Waals surface area (Å²) in [6, 6.07) is 5.40. The van der Waals surface area contributed by atoms with Crippen molar-refractivity contribution in [2.24, 2.45) is 23.7 Å². The Labute approximate surface area is 240 Å². The summed E-state index contributed by atoms with van der Waals surface area (Å²) in [5.41, 5.74) is -0.0195. The maximum Gasteiger partial charge on any atom is 0.328 e. The molecule has 4 saturated heterocycles. The van der Waals surface area contributed by atoms with Crippen LogP contribution in [-0.4, -0.2) is 59.6 Å². The van der Waals surface area contributed by atoms with Crippen LogP contribution in [0.25, 0.3) is 0 Å². The molecule has 1 saturated carbocycles. The van der Waals surface area contributed by atoms with Crippen molar-refractivity contribution in [2.75, 3.05) is 6.61 Å². The van der Waals surface area contributed by atoms with E-state index in [1.807, 2.05) is 13.8 Å². The summed E-state index contributed by atoms with van der Waals surface area (Å²) >= 11 is 0. The lowest BCUT2D eigenvalue weighted by Gasteiger charge is -2.59. The molecular formula is C30H41NO10. The second kappa shape index (κ2) is 11.9. The van der Waals surface area contributed by atoms with Crippen LogP contribution in [-0.2, 0) is 49.5 Å². The van der Waals surface area contributed by atoms with E-state index in [0.29, 0.717) is 12.3 Å². The first-order valence-electron chi connectivity index (χ1n) is 14.7. The van der Waals surface area contributed by atoms with E-state index in [1.54, 1.807) is 19.1 Å². The molecule has 5 aliphatic rings. The maximum absolute atomic E-state index is 12.9. The van der Waals surface area contributed by atoms with Crippen LogP contribution in [0.15, 0.2) is 24.3 Å². The van der Waals surface area contributed by atoms with E-state index in [1.165, 1.54) is 12.1 Å². The number of phenolic OH excluding ortho intramolecular Hbond substituents is 1. The highest BCUT2D eigenvalue weighted by Gasteiger charge is 2.69. The van der Waals surface area contributed by atoms with Crippen LogP contribution in [0.2, 0.25) is 0 Å². The van der Waals surface area contributed by atoms with Crippen molar-refractivity contribution in [3.05, 3.63) is 29.8 Å². The SMILES string of the molecule is CCOC(=O)C(Cc1ccc(O)cc1)NC(=O)CCC(=O)O[C@@H]1O[C@@H]2O[C@@]3(C)CC[C@H]4[C@H](C)CC[C@@H]([C@H]1C)C24OO3. The normalized spacial score (nSPS) is 36.4. The van der Waals surface area contributed by atoms with Gasteiger partial charge in [-0.1, -0.05) is 26.0 Å². The number of ether oxygens (including phenoxy) is 4. The molecule has 11 nitrogen and oxygen atoms in total. The lowest BCUT2D eigenvalue weighted by molar-refractivity contribution is -0.576. The standard InChI is InChI=1S/C30H41NO10/c1-5-36-26(35)23(16-19-7-9-20(32)10-8-19)31-24(33)12-13-25(34)37-27-18(3)22-11-6-17(2)21-14-15-29(4)39-28(38-27)30(21,22)41-40-29/h7-10,17-18,21-23,27-28,32H,5-6,11-16H2,1-4H3,(H,31,33)/t17-,18-,21+,22+,23?,27-,28-,29-,30?/m1/s1. The summed E-state index contributed by atoms with van der Waals surface area (Å²) in [6.45, 7) is 7.90. The molecule has 5 fully saturated rings.